The van der Waals surface area contributed by atoms with Crippen LogP contribution < -0.4 is 0 Å². The summed E-state index contributed by atoms with van der Waals surface area (Å²) in [6.45, 7) is 0.140. The van der Waals surface area contributed by atoms with Crippen LogP contribution >= 0.6 is 0 Å². The van der Waals surface area contributed by atoms with Crippen LogP contribution in [-0.4, -0.2) is 16.0 Å². The normalized spacial score (nSPS) is 39.9. The standard InChI is InChI=1S/C17H16N2O5/c20-18(21)9-2-1-8(13(5-9)19(22)23)7-24-14-6-12-10-3-4-11-15(10)17(12)16(11)14/h1-5,10-12,14-17H,6-7H2/t10?,11?,12?,14-,15?,16?,17?/m0/s1. The van der Waals surface area contributed by atoms with Gasteiger partial charge in [-0.2, -0.15) is 0 Å². The van der Waals surface area contributed by atoms with E-state index in [0.717, 1.165) is 36.2 Å². The van der Waals surface area contributed by atoms with Gasteiger partial charge in [-0.3, -0.25) is 20.2 Å². The molecular formula is C17H16N2O5. The van der Waals surface area contributed by atoms with Crippen molar-refractivity contribution in [3.63, 3.8) is 0 Å². The lowest BCUT2D eigenvalue weighted by Crippen LogP contribution is -2.57. The van der Waals surface area contributed by atoms with E-state index in [1.54, 1.807) is 0 Å². The minimum Gasteiger partial charge on any atom is -0.373 e. The smallest absolute Gasteiger partial charge is 0.281 e. The first-order valence-corrected chi connectivity index (χ1v) is 8.28. The Morgan fingerprint density at radius 3 is 2.58 bits per heavy atom. The lowest BCUT2D eigenvalue weighted by atomic mass is 9.44. The van der Waals surface area contributed by atoms with E-state index in [1.165, 1.54) is 12.1 Å². The molecule has 0 heterocycles. The molecule has 3 saturated carbocycles. The fourth-order valence-electron chi connectivity index (χ4n) is 5.71. The lowest BCUT2D eigenvalue weighted by molar-refractivity contribution is -0.394. The fraction of sp³-hybridized carbons (Fsp3) is 0.529. The molecule has 24 heavy (non-hydrogen) atoms. The van der Waals surface area contributed by atoms with Gasteiger partial charge in [-0.25, -0.2) is 0 Å². The minimum atomic E-state index is -0.621. The molecular weight excluding hydrogens is 312 g/mol. The predicted octanol–water partition coefficient (Wildman–Crippen LogP) is 3.09. The molecule has 7 nitrogen and oxygen atoms in total. The Hall–Kier alpha value is -2.28. The Labute approximate surface area is 137 Å². The van der Waals surface area contributed by atoms with Crippen LogP contribution in [-0.2, 0) is 11.3 Å². The predicted molar refractivity (Wildman–Crippen MR) is 83.0 cm³/mol. The number of ether oxygens (including phenoxy) is 1. The Morgan fingerprint density at radius 1 is 1.04 bits per heavy atom. The zero-order chi connectivity index (χ0) is 16.6. The van der Waals surface area contributed by atoms with E-state index in [2.05, 4.69) is 12.2 Å². The third kappa shape index (κ3) is 1.65. The molecule has 0 saturated heterocycles. The number of hydrogen-bond donors (Lipinski definition) is 0. The van der Waals surface area contributed by atoms with Crippen molar-refractivity contribution < 1.29 is 14.6 Å². The number of nitro groups is 2. The molecule has 1 aromatic carbocycles. The van der Waals surface area contributed by atoms with Crippen molar-refractivity contribution in [1.82, 2.24) is 0 Å². The van der Waals surface area contributed by atoms with E-state index in [4.69, 9.17) is 4.74 Å². The second-order valence-corrected chi connectivity index (χ2v) is 7.35. The molecule has 3 fully saturated rings. The van der Waals surface area contributed by atoms with Crippen LogP contribution in [0.4, 0.5) is 11.4 Å². The van der Waals surface area contributed by atoms with E-state index in [-0.39, 0.29) is 24.1 Å². The molecule has 4 aliphatic rings. The summed E-state index contributed by atoms with van der Waals surface area (Å²) in [6, 6.07) is 3.75. The van der Waals surface area contributed by atoms with Gasteiger partial charge in [0.05, 0.1) is 34.2 Å². The van der Waals surface area contributed by atoms with E-state index in [1.807, 2.05) is 0 Å². The molecule has 0 aromatic heterocycles. The van der Waals surface area contributed by atoms with Gasteiger partial charge in [-0.05, 0) is 48.0 Å². The van der Waals surface area contributed by atoms with Crippen LogP contribution in [0.2, 0.25) is 0 Å². The maximum absolute atomic E-state index is 11.2. The van der Waals surface area contributed by atoms with Crippen molar-refractivity contribution >= 4 is 11.4 Å². The highest BCUT2D eigenvalue weighted by Crippen LogP contribution is 2.75. The van der Waals surface area contributed by atoms with Gasteiger partial charge in [0.15, 0.2) is 0 Å². The summed E-state index contributed by atoms with van der Waals surface area (Å²) < 4.78 is 6.06. The topological polar surface area (TPSA) is 95.5 Å². The molecule has 124 valence electrons. The first kappa shape index (κ1) is 14.1. The Balaban J connectivity index is 1.33. The summed E-state index contributed by atoms with van der Waals surface area (Å²) in [5.74, 6) is 4.28. The quantitative estimate of drug-likeness (QED) is 0.470. The van der Waals surface area contributed by atoms with Crippen LogP contribution in [0.25, 0.3) is 0 Å². The number of hydrogen-bond acceptors (Lipinski definition) is 5. The maximum Gasteiger partial charge on any atom is 0.281 e. The molecule has 0 radical (unpaired) electrons. The highest BCUT2D eigenvalue weighted by atomic mass is 16.6. The van der Waals surface area contributed by atoms with Crippen LogP contribution in [0.15, 0.2) is 30.4 Å². The number of rotatable bonds is 5. The van der Waals surface area contributed by atoms with E-state index < -0.39 is 9.85 Å². The molecule has 0 N–H and O–H groups in total. The zero-order valence-corrected chi connectivity index (χ0v) is 12.8. The SMILES string of the molecule is O=[N+]([O-])c1ccc(CO[C@H]2CC3C4C=CC5C4C3C52)c([N+](=O)[O-])c1. The van der Waals surface area contributed by atoms with Crippen molar-refractivity contribution in [3.8, 4) is 0 Å². The third-order valence-electron chi connectivity index (χ3n) is 6.63. The summed E-state index contributed by atoms with van der Waals surface area (Å²) in [6.07, 6.45) is 5.90. The van der Waals surface area contributed by atoms with Gasteiger partial charge in [0.1, 0.15) is 0 Å². The van der Waals surface area contributed by atoms with Gasteiger partial charge in [0.2, 0.25) is 0 Å². The van der Waals surface area contributed by atoms with Gasteiger partial charge >= 0.3 is 0 Å². The van der Waals surface area contributed by atoms with E-state index >= 15 is 0 Å². The third-order valence-corrected chi connectivity index (χ3v) is 6.63. The lowest BCUT2D eigenvalue weighted by Gasteiger charge is -2.60. The van der Waals surface area contributed by atoms with Crippen molar-refractivity contribution in [2.24, 2.45) is 35.5 Å². The molecule has 0 aliphatic heterocycles. The summed E-state index contributed by atoms with van der Waals surface area (Å²) >= 11 is 0. The van der Waals surface area contributed by atoms with Crippen LogP contribution in [0.3, 0.4) is 0 Å². The first-order valence-electron chi connectivity index (χ1n) is 8.28. The van der Waals surface area contributed by atoms with Gasteiger partial charge in [-0.1, -0.05) is 12.2 Å². The number of allylic oxidation sites excluding steroid dienone is 2. The highest BCUT2D eigenvalue weighted by molar-refractivity contribution is 5.48. The monoisotopic (exact) mass is 328 g/mol. The second kappa shape index (κ2) is 4.63. The van der Waals surface area contributed by atoms with Crippen molar-refractivity contribution in [2.45, 2.75) is 19.1 Å². The number of benzene rings is 1. The van der Waals surface area contributed by atoms with Gasteiger partial charge in [0, 0.05) is 6.07 Å². The largest absolute Gasteiger partial charge is 0.373 e. The molecule has 4 aliphatic carbocycles. The molecule has 1 aromatic rings. The van der Waals surface area contributed by atoms with Crippen LogP contribution in [0.5, 0.6) is 0 Å². The highest BCUT2D eigenvalue weighted by Gasteiger charge is 2.72. The fourth-order valence-corrected chi connectivity index (χ4v) is 5.71. The molecule has 0 spiro atoms. The zero-order valence-electron chi connectivity index (χ0n) is 12.8. The average molecular weight is 328 g/mol. The second-order valence-electron chi connectivity index (χ2n) is 7.35. The van der Waals surface area contributed by atoms with Crippen molar-refractivity contribution in [3.05, 3.63) is 56.1 Å². The van der Waals surface area contributed by atoms with Gasteiger partial charge in [0.25, 0.3) is 11.4 Å². The minimum absolute atomic E-state index is 0.140. The first-order chi connectivity index (χ1) is 11.6. The Morgan fingerprint density at radius 2 is 1.83 bits per heavy atom. The molecule has 6 unspecified atom stereocenters. The number of non-ortho nitro benzene ring substituents is 1. The van der Waals surface area contributed by atoms with Crippen LogP contribution in [0, 0.1) is 55.7 Å². The van der Waals surface area contributed by atoms with E-state index in [9.17, 15) is 20.2 Å². The maximum atomic E-state index is 11.2. The Bertz CT molecular complexity index is 791. The summed E-state index contributed by atoms with van der Waals surface area (Å²) in [7, 11) is 0. The van der Waals surface area contributed by atoms with Crippen LogP contribution in [0.1, 0.15) is 12.0 Å². The number of nitro benzene ring substituents is 2. The summed E-state index contributed by atoms with van der Waals surface area (Å²) in [4.78, 5) is 20.8. The molecule has 0 bridgehead atoms. The number of fused-ring (bicyclic) bond motifs is 2. The average Bonchev–Trinajstić information content (AvgIpc) is 2.81. The van der Waals surface area contributed by atoms with Gasteiger partial charge < -0.3 is 4.74 Å². The molecule has 0 amide bonds. The molecule has 7 heteroatoms. The van der Waals surface area contributed by atoms with E-state index in [0.29, 0.717) is 17.4 Å². The van der Waals surface area contributed by atoms with Crippen molar-refractivity contribution in [2.75, 3.05) is 0 Å². The summed E-state index contributed by atoms with van der Waals surface area (Å²) in [5, 5.41) is 22.0. The number of nitrogens with zero attached hydrogens (tertiary/aromatic N) is 2. The molecule has 7 atom stereocenters. The van der Waals surface area contributed by atoms with Gasteiger partial charge in [-0.15, -0.1) is 0 Å². The summed E-state index contributed by atoms with van der Waals surface area (Å²) in [5.41, 5.74) is -0.104. The van der Waals surface area contributed by atoms with Crippen molar-refractivity contribution in [1.29, 1.82) is 0 Å². The molecule has 5 rings (SSSR count). The Kier molecular flexibility index (Phi) is 2.72.